The molecule has 0 radical (unpaired) electrons. The number of carbonyl (C=O) groups is 2. The van der Waals surface area contributed by atoms with E-state index in [1.165, 1.54) is 9.47 Å². The standard InChI is InChI=1S/C25H32N6O5/c1-5-7-13-29(21-22(26)30(12-6-2)25(35)27-23(21)33)20(32)15-36-24(34)18-8-10-19(11-9-18)31-17(4)14-16(3)28-31/h8-11,14H,5-7,12-13,15,26H2,1-4H3,(H,27,33,35). The van der Waals surface area contributed by atoms with Crippen molar-refractivity contribution in [2.45, 2.75) is 53.5 Å². The number of nitrogens with two attached hydrogens (primary N) is 1. The Morgan fingerprint density at radius 2 is 1.81 bits per heavy atom. The summed E-state index contributed by atoms with van der Waals surface area (Å²) in [6, 6.07) is 8.61. The van der Waals surface area contributed by atoms with Crippen LogP contribution in [0, 0.1) is 13.8 Å². The molecule has 0 aliphatic carbocycles. The highest BCUT2D eigenvalue weighted by Crippen LogP contribution is 2.19. The molecule has 3 rings (SSSR count). The number of ether oxygens (including phenoxy) is 1. The van der Waals surface area contributed by atoms with Crippen molar-refractivity contribution in [3.05, 3.63) is 68.1 Å². The number of hydrogen-bond donors (Lipinski definition) is 2. The molecular weight excluding hydrogens is 464 g/mol. The van der Waals surface area contributed by atoms with Crippen LogP contribution in [0.3, 0.4) is 0 Å². The van der Waals surface area contributed by atoms with Crippen molar-refractivity contribution < 1.29 is 14.3 Å². The van der Waals surface area contributed by atoms with Crippen molar-refractivity contribution in [3.63, 3.8) is 0 Å². The number of nitrogen functional groups attached to an aromatic ring is 1. The maximum absolute atomic E-state index is 13.1. The molecule has 11 nitrogen and oxygen atoms in total. The van der Waals surface area contributed by atoms with Gasteiger partial charge in [0, 0.05) is 18.8 Å². The molecule has 192 valence electrons. The molecule has 0 unspecified atom stereocenters. The summed E-state index contributed by atoms with van der Waals surface area (Å²) >= 11 is 0. The fourth-order valence-electron chi connectivity index (χ4n) is 3.88. The summed E-state index contributed by atoms with van der Waals surface area (Å²) in [5.74, 6) is -1.40. The maximum Gasteiger partial charge on any atom is 0.338 e. The zero-order valence-corrected chi connectivity index (χ0v) is 21.0. The first-order valence-electron chi connectivity index (χ1n) is 11.9. The van der Waals surface area contributed by atoms with Gasteiger partial charge in [-0.1, -0.05) is 20.3 Å². The van der Waals surface area contributed by atoms with Gasteiger partial charge in [0.15, 0.2) is 12.3 Å². The summed E-state index contributed by atoms with van der Waals surface area (Å²) in [5.41, 5.74) is 7.51. The predicted octanol–water partition coefficient (Wildman–Crippen LogP) is 2.32. The summed E-state index contributed by atoms with van der Waals surface area (Å²) in [4.78, 5) is 53.8. The van der Waals surface area contributed by atoms with Gasteiger partial charge in [-0.15, -0.1) is 0 Å². The first-order chi connectivity index (χ1) is 17.2. The molecule has 1 aromatic carbocycles. The minimum atomic E-state index is -0.764. The monoisotopic (exact) mass is 496 g/mol. The number of benzene rings is 1. The summed E-state index contributed by atoms with van der Waals surface area (Å²) in [6.07, 6.45) is 1.94. The van der Waals surface area contributed by atoms with Crippen LogP contribution in [0.4, 0.5) is 11.5 Å². The summed E-state index contributed by atoms with van der Waals surface area (Å²) < 4.78 is 8.24. The lowest BCUT2D eigenvalue weighted by Gasteiger charge is -2.24. The van der Waals surface area contributed by atoms with Crippen molar-refractivity contribution in [1.29, 1.82) is 0 Å². The molecule has 0 aliphatic heterocycles. The van der Waals surface area contributed by atoms with Gasteiger partial charge < -0.3 is 15.4 Å². The van der Waals surface area contributed by atoms with Crippen molar-refractivity contribution in [2.75, 3.05) is 23.8 Å². The summed E-state index contributed by atoms with van der Waals surface area (Å²) in [5, 5.41) is 4.42. The molecule has 0 aliphatic rings. The lowest BCUT2D eigenvalue weighted by molar-refractivity contribution is -0.121. The Balaban J connectivity index is 1.78. The average molecular weight is 497 g/mol. The molecule has 11 heteroatoms. The van der Waals surface area contributed by atoms with Crippen LogP contribution in [0.25, 0.3) is 5.69 Å². The molecule has 0 atom stereocenters. The smallest absolute Gasteiger partial charge is 0.338 e. The molecule has 1 amide bonds. The Morgan fingerprint density at radius 1 is 1.11 bits per heavy atom. The predicted molar refractivity (Wildman–Crippen MR) is 137 cm³/mol. The molecule has 2 heterocycles. The van der Waals surface area contributed by atoms with Crippen LogP contribution in [-0.4, -0.2) is 44.4 Å². The second-order valence-electron chi connectivity index (χ2n) is 8.51. The second kappa shape index (κ2) is 11.5. The van der Waals surface area contributed by atoms with Crippen molar-refractivity contribution in [2.24, 2.45) is 0 Å². The summed E-state index contributed by atoms with van der Waals surface area (Å²) in [6.45, 7) is 7.51. The number of aromatic nitrogens is 4. The molecule has 36 heavy (non-hydrogen) atoms. The Morgan fingerprint density at radius 3 is 2.39 bits per heavy atom. The van der Waals surface area contributed by atoms with Gasteiger partial charge >= 0.3 is 11.7 Å². The van der Waals surface area contributed by atoms with Crippen LogP contribution in [0.15, 0.2) is 39.9 Å². The fraction of sp³-hybridized carbons (Fsp3) is 0.400. The van der Waals surface area contributed by atoms with E-state index in [1.807, 2.05) is 33.8 Å². The highest BCUT2D eigenvalue weighted by atomic mass is 16.5. The molecule has 0 fully saturated rings. The number of anilines is 2. The molecule has 2 aromatic heterocycles. The van der Waals surface area contributed by atoms with Crippen molar-refractivity contribution >= 4 is 23.4 Å². The molecule has 0 saturated carbocycles. The first-order valence-corrected chi connectivity index (χ1v) is 11.9. The molecular formula is C25H32N6O5. The number of rotatable bonds is 10. The molecule has 3 aromatic rings. The Labute approximate surface area is 208 Å². The number of nitrogens with zero attached hydrogens (tertiary/aromatic N) is 4. The van der Waals surface area contributed by atoms with E-state index in [9.17, 15) is 19.2 Å². The minimum absolute atomic E-state index is 0.0962. The largest absolute Gasteiger partial charge is 0.452 e. The molecule has 3 N–H and O–H groups in total. The Kier molecular flexibility index (Phi) is 8.46. The van der Waals surface area contributed by atoms with Crippen molar-refractivity contribution in [1.82, 2.24) is 19.3 Å². The minimum Gasteiger partial charge on any atom is -0.452 e. The van der Waals surface area contributed by atoms with Gasteiger partial charge in [0.1, 0.15) is 5.82 Å². The van der Waals surface area contributed by atoms with Gasteiger partial charge in [-0.25, -0.2) is 14.3 Å². The highest BCUT2D eigenvalue weighted by molar-refractivity contribution is 5.98. The Hall–Kier alpha value is -4.15. The number of aromatic amines is 1. The van der Waals surface area contributed by atoms with E-state index in [0.29, 0.717) is 12.8 Å². The third kappa shape index (κ3) is 5.73. The van der Waals surface area contributed by atoms with Crippen molar-refractivity contribution in [3.8, 4) is 5.69 Å². The number of nitrogens with one attached hydrogen (secondary N) is 1. The van der Waals surface area contributed by atoms with Crippen LogP contribution in [-0.2, 0) is 16.1 Å². The fourth-order valence-corrected chi connectivity index (χ4v) is 3.88. The summed E-state index contributed by atoms with van der Waals surface area (Å²) in [7, 11) is 0. The lowest BCUT2D eigenvalue weighted by Crippen LogP contribution is -2.43. The van der Waals surface area contributed by atoms with Gasteiger partial charge in [0.05, 0.1) is 16.9 Å². The number of amides is 1. The second-order valence-corrected chi connectivity index (χ2v) is 8.51. The van der Waals surface area contributed by atoms with Crippen LogP contribution >= 0.6 is 0 Å². The number of H-pyrrole nitrogens is 1. The van der Waals surface area contributed by atoms with E-state index in [2.05, 4.69) is 10.1 Å². The quantitative estimate of drug-likeness (QED) is 0.410. The van der Waals surface area contributed by atoms with Crippen LogP contribution in [0.1, 0.15) is 54.9 Å². The van der Waals surface area contributed by atoms with Gasteiger partial charge in [-0.05, 0) is 57.0 Å². The van der Waals surface area contributed by atoms with Gasteiger partial charge in [0.2, 0.25) is 0 Å². The Bertz CT molecular complexity index is 1350. The van der Waals surface area contributed by atoms with Gasteiger partial charge in [-0.3, -0.25) is 19.1 Å². The molecule has 0 saturated heterocycles. The normalized spacial score (nSPS) is 10.9. The van der Waals surface area contributed by atoms with E-state index in [4.69, 9.17) is 10.5 Å². The third-order valence-corrected chi connectivity index (χ3v) is 5.65. The highest BCUT2D eigenvalue weighted by Gasteiger charge is 2.25. The third-order valence-electron chi connectivity index (χ3n) is 5.65. The van der Waals surface area contributed by atoms with Crippen LogP contribution in [0.2, 0.25) is 0 Å². The number of aryl methyl sites for hydroxylation is 2. The molecule has 0 spiro atoms. The lowest BCUT2D eigenvalue weighted by atomic mass is 10.2. The first kappa shape index (κ1) is 26.5. The van der Waals surface area contributed by atoms with E-state index in [-0.39, 0.29) is 30.2 Å². The molecule has 0 bridgehead atoms. The number of unbranched alkanes of at least 4 members (excludes halogenated alkanes) is 1. The number of carbonyl (C=O) groups excluding carboxylic acids is 2. The average Bonchev–Trinajstić information content (AvgIpc) is 3.19. The van der Waals surface area contributed by atoms with Gasteiger partial charge in [-0.2, -0.15) is 5.10 Å². The SMILES string of the molecule is CCCCN(C(=O)COC(=O)c1ccc(-n2nc(C)cc2C)cc1)c1c(N)n(CCC)c(=O)[nH]c1=O. The van der Waals surface area contributed by atoms with E-state index in [0.717, 1.165) is 23.5 Å². The maximum atomic E-state index is 13.1. The van der Waals surface area contributed by atoms with Gasteiger partial charge in [0.25, 0.3) is 11.5 Å². The van der Waals surface area contributed by atoms with E-state index in [1.54, 1.807) is 28.9 Å². The zero-order valence-electron chi connectivity index (χ0n) is 21.0. The topological polar surface area (TPSA) is 145 Å². The number of hydrogen-bond acceptors (Lipinski definition) is 7. The van der Waals surface area contributed by atoms with E-state index >= 15 is 0 Å². The van der Waals surface area contributed by atoms with Crippen LogP contribution < -0.4 is 21.9 Å². The van der Waals surface area contributed by atoms with Crippen LogP contribution in [0.5, 0.6) is 0 Å². The number of esters is 1. The zero-order chi connectivity index (χ0) is 26.4. The van der Waals surface area contributed by atoms with E-state index < -0.39 is 29.7 Å².